The van der Waals surface area contributed by atoms with Gasteiger partial charge in [0.15, 0.2) is 6.10 Å². The average molecular weight is 261 g/mol. The minimum atomic E-state index is -4.36. The maximum atomic E-state index is 12.4. The molecule has 0 aliphatic heterocycles. The van der Waals surface area contributed by atoms with Gasteiger partial charge >= 0.3 is 6.18 Å². The number of nitrogens with two attached hydrogens (primary N) is 1. The van der Waals surface area contributed by atoms with Crippen LogP contribution >= 0.6 is 0 Å². The van der Waals surface area contributed by atoms with E-state index in [4.69, 9.17) is 10.5 Å². The summed E-state index contributed by atoms with van der Waals surface area (Å²) >= 11 is 0. The molecule has 0 bridgehead atoms. The number of hydrogen-bond acceptors (Lipinski definition) is 2. The second-order valence-corrected chi connectivity index (χ2v) is 4.46. The highest BCUT2D eigenvalue weighted by molar-refractivity contribution is 5.24. The topological polar surface area (TPSA) is 35.2 Å². The SMILES string of the molecule is Cc1ccc(C(N)C(C)OC(C)C(F)(F)F)cc1. The first-order chi connectivity index (χ1) is 8.21. The number of hydrogen-bond donors (Lipinski definition) is 1. The fourth-order valence-corrected chi connectivity index (χ4v) is 1.54. The van der Waals surface area contributed by atoms with Crippen molar-refractivity contribution in [3.8, 4) is 0 Å². The zero-order chi connectivity index (χ0) is 13.9. The summed E-state index contributed by atoms with van der Waals surface area (Å²) in [5, 5.41) is 0. The van der Waals surface area contributed by atoms with Crippen molar-refractivity contribution in [2.75, 3.05) is 0 Å². The molecule has 18 heavy (non-hydrogen) atoms. The summed E-state index contributed by atoms with van der Waals surface area (Å²) in [7, 11) is 0. The van der Waals surface area contributed by atoms with Gasteiger partial charge in [-0.25, -0.2) is 0 Å². The van der Waals surface area contributed by atoms with Crippen molar-refractivity contribution < 1.29 is 17.9 Å². The Morgan fingerprint density at radius 2 is 1.61 bits per heavy atom. The molecule has 102 valence electrons. The third kappa shape index (κ3) is 3.99. The first kappa shape index (κ1) is 15.0. The van der Waals surface area contributed by atoms with E-state index < -0.39 is 24.4 Å². The van der Waals surface area contributed by atoms with Gasteiger partial charge in [-0.3, -0.25) is 0 Å². The van der Waals surface area contributed by atoms with Crippen molar-refractivity contribution in [2.24, 2.45) is 5.73 Å². The van der Waals surface area contributed by atoms with E-state index in [1.54, 1.807) is 19.1 Å². The van der Waals surface area contributed by atoms with E-state index in [0.29, 0.717) is 0 Å². The standard InChI is InChI=1S/C13H18F3NO/c1-8-4-6-11(7-5-8)12(17)9(2)18-10(3)13(14,15)16/h4-7,9-10,12H,17H2,1-3H3. The van der Waals surface area contributed by atoms with E-state index in [0.717, 1.165) is 18.1 Å². The number of ether oxygens (including phenoxy) is 1. The van der Waals surface area contributed by atoms with Crippen LogP contribution in [-0.2, 0) is 4.74 Å². The molecule has 0 heterocycles. The predicted octanol–water partition coefficient (Wildman–Crippen LogP) is 3.35. The Labute approximate surface area is 105 Å². The molecule has 2 N–H and O–H groups in total. The zero-order valence-electron chi connectivity index (χ0n) is 10.7. The number of benzene rings is 1. The smallest absolute Gasteiger partial charge is 0.364 e. The van der Waals surface area contributed by atoms with Crippen molar-refractivity contribution >= 4 is 0 Å². The maximum absolute atomic E-state index is 12.4. The average Bonchev–Trinajstić information content (AvgIpc) is 2.27. The van der Waals surface area contributed by atoms with E-state index in [-0.39, 0.29) is 0 Å². The van der Waals surface area contributed by atoms with Gasteiger partial charge in [0, 0.05) is 0 Å². The Kier molecular flexibility index (Phi) is 4.76. The van der Waals surface area contributed by atoms with Gasteiger partial charge in [0.1, 0.15) is 0 Å². The summed E-state index contributed by atoms with van der Waals surface area (Å²) in [6.07, 6.45) is -6.88. The Hall–Kier alpha value is -1.07. The van der Waals surface area contributed by atoms with Crippen LogP contribution in [0, 0.1) is 6.92 Å². The fraction of sp³-hybridized carbons (Fsp3) is 0.538. The van der Waals surface area contributed by atoms with Gasteiger partial charge in [-0.1, -0.05) is 29.8 Å². The van der Waals surface area contributed by atoms with Gasteiger partial charge in [0.2, 0.25) is 0 Å². The zero-order valence-corrected chi connectivity index (χ0v) is 10.7. The van der Waals surface area contributed by atoms with E-state index in [1.165, 1.54) is 0 Å². The lowest BCUT2D eigenvalue weighted by molar-refractivity contribution is -0.226. The van der Waals surface area contributed by atoms with E-state index in [1.807, 2.05) is 19.1 Å². The fourth-order valence-electron chi connectivity index (χ4n) is 1.54. The van der Waals surface area contributed by atoms with Crippen LogP contribution in [0.1, 0.15) is 31.0 Å². The lowest BCUT2D eigenvalue weighted by Crippen LogP contribution is -2.36. The second-order valence-electron chi connectivity index (χ2n) is 4.46. The van der Waals surface area contributed by atoms with E-state index >= 15 is 0 Å². The number of halogens is 3. The van der Waals surface area contributed by atoms with Crippen LogP contribution in [0.5, 0.6) is 0 Å². The van der Waals surface area contributed by atoms with Crippen LogP contribution in [0.15, 0.2) is 24.3 Å². The third-order valence-electron chi connectivity index (χ3n) is 2.85. The summed E-state index contributed by atoms with van der Waals surface area (Å²) in [4.78, 5) is 0. The predicted molar refractivity (Wildman–Crippen MR) is 64.2 cm³/mol. The molecular weight excluding hydrogens is 243 g/mol. The molecule has 0 fully saturated rings. The molecule has 1 aromatic rings. The van der Waals surface area contributed by atoms with Gasteiger partial charge in [0.05, 0.1) is 12.1 Å². The van der Waals surface area contributed by atoms with Crippen molar-refractivity contribution in [1.29, 1.82) is 0 Å². The van der Waals surface area contributed by atoms with Crippen molar-refractivity contribution in [3.63, 3.8) is 0 Å². The van der Waals surface area contributed by atoms with Gasteiger partial charge in [-0.05, 0) is 26.3 Å². The van der Waals surface area contributed by atoms with Crippen LogP contribution in [0.2, 0.25) is 0 Å². The maximum Gasteiger partial charge on any atom is 0.414 e. The molecule has 0 amide bonds. The summed E-state index contributed by atoms with van der Waals surface area (Å²) < 4.78 is 42.0. The molecule has 0 spiro atoms. The van der Waals surface area contributed by atoms with Crippen molar-refractivity contribution in [2.45, 2.75) is 45.2 Å². The Morgan fingerprint density at radius 1 is 1.11 bits per heavy atom. The lowest BCUT2D eigenvalue weighted by atomic mass is 10.0. The van der Waals surface area contributed by atoms with Crippen molar-refractivity contribution in [1.82, 2.24) is 0 Å². The summed E-state index contributed by atoms with van der Waals surface area (Å²) in [5.74, 6) is 0. The molecule has 0 radical (unpaired) electrons. The molecule has 3 unspecified atom stereocenters. The molecule has 0 aliphatic rings. The number of alkyl halides is 3. The normalized spacial score (nSPS) is 17.3. The molecule has 0 aromatic heterocycles. The third-order valence-corrected chi connectivity index (χ3v) is 2.85. The highest BCUT2D eigenvalue weighted by Gasteiger charge is 2.38. The summed E-state index contributed by atoms with van der Waals surface area (Å²) in [6, 6.07) is 6.77. The number of rotatable bonds is 4. The molecule has 2 nitrogen and oxygen atoms in total. The molecule has 1 rings (SSSR count). The molecule has 1 aromatic carbocycles. The summed E-state index contributed by atoms with van der Waals surface area (Å²) in [5.41, 5.74) is 7.73. The molecule has 0 saturated carbocycles. The van der Waals surface area contributed by atoms with E-state index in [9.17, 15) is 13.2 Å². The van der Waals surface area contributed by atoms with Crippen LogP contribution in [0.4, 0.5) is 13.2 Å². The first-order valence-electron chi connectivity index (χ1n) is 5.76. The first-order valence-corrected chi connectivity index (χ1v) is 5.76. The Balaban J connectivity index is 2.67. The Morgan fingerprint density at radius 3 is 2.06 bits per heavy atom. The van der Waals surface area contributed by atoms with Gasteiger partial charge in [-0.15, -0.1) is 0 Å². The van der Waals surface area contributed by atoms with Crippen molar-refractivity contribution in [3.05, 3.63) is 35.4 Å². The minimum Gasteiger partial charge on any atom is -0.364 e. The monoisotopic (exact) mass is 261 g/mol. The molecular formula is C13H18F3NO. The largest absolute Gasteiger partial charge is 0.414 e. The Bertz CT molecular complexity index is 375. The van der Waals surface area contributed by atoms with Gasteiger partial charge in [0.25, 0.3) is 0 Å². The van der Waals surface area contributed by atoms with Crippen LogP contribution < -0.4 is 5.73 Å². The lowest BCUT2D eigenvalue weighted by Gasteiger charge is -2.26. The van der Waals surface area contributed by atoms with E-state index in [2.05, 4.69) is 0 Å². The molecule has 3 atom stereocenters. The molecule has 0 saturated heterocycles. The van der Waals surface area contributed by atoms with Gasteiger partial charge < -0.3 is 10.5 Å². The highest BCUT2D eigenvalue weighted by Crippen LogP contribution is 2.26. The van der Waals surface area contributed by atoms with Crippen LogP contribution in [0.25, 0.3) is 0 Å². The van der Waals surface area contributed by atoms with Crippen LogP contribution in [0.3, 0.4) is 0 Å². The quantitative estimate of drug-likeness (QED) is 0.902. The summed E-state index contributed by atoms with van der Waals surface area (Å²) in [6.45, 7) is 4.46. The number of aryl methyl sites for hydroxylation is 1. The van der Waals surface area contributed by atoms with Crippen LogP contribution in [-0.4, -0.2) is 18.4 Å². The molecule has 0 aliphatic carbocycles. The van der Waals surface area contributed by atoms with Gasteiger partial charge in [-0.2, -0.15) is 13.2 Å². The highest BCUT2D eigenvalue weighted by atomic mass is 19.4. The second kappa shape index (κ2) is 5.71. The molecule has 5 heteroatoms. The minimum absolute atomic E-state index is 0.574.